The van der Waals surface area contributed by atoms with Crippen molar-refractivity contribution in [2.45, 2.75) is 0 Å². The third-order valence-corrected chi connectivity index (χ3v) is 0.967. The van der Waals surface area contributed by atoms with Gasteiger partial charge in [0.05, 0.1) is 0 Å². The minimum Gasteiger partial charge on any atom is -0.329 e. The molecule has 0 aliphatic rings. The Labute approximate surface area is 45.2 Å². The van der Waals surface area contributed by atoms with Crippen LogP contribution in [0.5, 0.6) is 0 Å². The molecule has 0 heterocycles. The lowest BCUT2D eigenvalue weighted by molar-refractivity contribution is 0.412. The summed E-state index contributed by atoms with van der Waals surface area (Å²) in [5, 5.41) is 7.56. The standard InChI is InChI=1S/C2H2FN2O2P/c1-5-8(3,6)7-2-4/h1H2. The Morgan fingerprint density at radius 3 is 2.62 bits per heavy atom. The van der Waals surface area contributed by atoms with Crippen LogP contribution in [0.15, 0.2) is 4.76 Å². The van der Waals surface area contributed by atoms with Crippen LogP contribution in [-0.2, 0) is 9.09 Å². The topological polar surface area (TPSA) is 62.4 Å². The van der Waals surface area contributed by atoms with E-state index in [9.17, 15) is 8.76 Å². The van der Waals surface area contributed by atoms with Crippen LogP contribution in [-0.4, -0.2) is 6.72 Å². The Hall–Kier alpha value is -0.880. The zero-order valence-electron chi connectivity index (χ0n) is 3.74. The van der Waals surface area contributed by atoms with Crippen molar-refractivity contribution in [2.24, 2.45) is 4.76 Å². The molecule has 1 unspecified atom stereocenters. The lowest BCUT2D eigenvalue weighted by atomic mass is 11.6. The maximum atomic E-state index is 11.7. The SMILES string of the molecule is C=NP(=O)(F)OC#N. The first-order valence-electron chi connectivity index (χ1n) is 1.48. The summed E-state index contributed by atoms with van der Waals surface area (Å²) in [6.07, 6.45) is 0.887. The maximum Gasteiger partial charge on any atom is 0.555 e. The van der Waals surface area contributed by atoms with Gasteiger partial charge in [0, 0.05) is 0 Å². The van der Waals surface area contributed by atoms with E-state index in [2.05, 4.69) is 16.0 Å². The number of halogens is 1. The van der Waals surface area contributed by atoms with Crippen molar-refractivity contribution < 1.29 is 13.3 Å². The van der Waals surface area contributed by atoms with Gasteiger partial charge in [-0.2, -0.15) is 4.76 Å². The molecule has 0 N–H and O–H groups in total. The van der Waals surface area contributed by atoms with Crippen LogP contribution < -0.4 is 0 Å². The predicted molar refractivity (Wildman–Crippen MR) is 25.0 cm³/mol. The van der Waals surface area contributed by atoms with Gasteiger partial charge in [-0.1, -0.05) is 0 Å². The first kappa shape index (κ1) is 7.12. The van der Waals surface area contributed by atoms with Crippen molar-refractivity contribution in [3.8, 4) is 6.26 Å². The molecule has 6 heteroatoms. The second-order valence-corrected chi connectivity index (χ2v) is 2.14. The molecule has 0 aromatic carbocycles. The molecule has 0 fully saturated rings. The molecule has 1 atom stereocenters. The van der Waals surface area contributed by atoms with E-state index >= 15 is 0 Å². The number of nitriles is 1. The molecule has 8 heavy (non-hydrogen) atoms. The summed E-state index contributed by atoms with van der Waals surface area (Å²) in [7, 11) is -4.52. The maximum absolute atomic E-state index is 11.7. The van der Waals surface area contributed by atoms with E-state index in [1.807, 2.05) is 0 Å². The normalized spacial score (nSPS) is 15.5. The minimum atomic E-state index is -4.52. The summed E-state index contributed by atoms with van der Waals surface area (Å²) < 4.78 is 27.3. The fourth-order valence-corrected chi connectivity index (χ4v) is 0.238. The highest BCUT2D eigenvalue weighted by Crippen LogP contribution is 2.48. The van der Waals surface area contributed by atoms with Crippen LogP contribution in [0.2, 0.25) is 0 Å². The second kappa shape index (κ2) is 2.43. The highest BCUT2D eigenvalue weighted by Gasteiger charge is 2.18. The van der Waals surface area contributed by atoms with Gasteiger partial charge >= 0.3 is 7.83 Å². The van der Waals surface area contributed by atoms with E-state index in [1.165, 1.54) is 0 Å². The molecule has 0 aromatic rings. The lowest BCUT2D eigenvalue weighted by Gasteiger charge is -1.91. The molecule has 0 saturated heterocycles. The van der Waals surface area contributed by atoms with Crippen LogP contribution in [0, 0.1) is 11.5 Å². The van der Waals surface area contributed by atoms with Crippen LogP contribution in [0.1, 0.15) is 0 Å². The van der Waals surface area contributed by atoms with E-state index < -0.39 is 7.83 Å². The highest BCUT2D eigenvalue weighted by molar-refractivity contribution is 7.52. The molecule has 0 amide bonds. The zero-order valence-corrected chi connectivity index (χ0v) is 4.64. The van der Waals surface area contributed by atoms with E-state index in [4.69, 9.17) is 5.26 Å². The van der Waals surface area contributed by atoms with Gasteiger partial charge in [-0.15, -0.1) is 9.46 Å². The number of hydrogen-bond acceptors (Lipinski definition) is 3. The summed E-state index contributed by atoms with van der Waals surface area (Å²) in [4.78, 5) is 0. The zero-order chi connectivity index (χ0) is 6.62. The largest absolute Gasteiger partial charge is 0.555 e. The monoisotopic (exact) mass is 136 g/mol. The van der Waals surface area contributed by atoms with Gasteiger partial charge in [-0.05, 0) is 6.72 Å². The van der Waals surface area contributed by atoms with Gasteiger partial charge < -0.3 is 4.52 Å². The molecular weight excluding hydrogens is 134 g/mol. The Balaban J connectivity index is 3.98. The van der Waals surface area contributed by atoms with E-state index in [0.29, 0.717) is 0 Å². The van der Waals surface area contributed by atoms with Crippen molar-refractivity contribution in [2.75, 3.05) is 0 Å². The highest BCUT2D eigenvalue weighted by atomic mass is 31.2. The Bertz CT molecular complexity index is 173. The number of hydrogen-bond donors (Lipinski definition) is 0. The molecule has 0 aliphatic carbocycles. The minimum absolute atomic E-state index is 0.887. The van der Waals surface area contributed by atoms with Gasteiger partial charge in [0.1, 0.15) is 0 Å². The number of rotatable bonds is 2. The average molecular weight is 136 g/mol. The van der Waals surface area contributed by atoms with E-state index in [0.717, 1.165) is 6.26 Å². The molecule has 0 saturated carbocycles. The van der Waals surface area contributed by atoms with E-state index in [-0.39, 0.29) is 0 Å². The summed E-state index contributed by atoms with van der Waals surface area (Å²) in [5.41, 5.74) is 0. The third-order valence-electron chi connectivity index (χ3n) is 0.322. The first-order valence-corrected chi connectivity index (χ1v) is 2.95. The van der Waals surface area contributed by atoms with Crippen molar-refractivity contribution in [1.82, 2.24) is 0 Å². The van der Waals surface area contributed by atoms with Crippen molar-refractivity contribution >= 4 is 14.5 Å². The lowest BCUT2D eigenvalue weighted by Crippen LogP contribution is -1.67. The quantitative estimate of drug-likeness (QED) is 0.326. The smallest absolute Gasteiger partial charge is 0.329 e. The van der Waals surface area contributed by atoms with Gasteiger partial charge in [0.25, 0.3) is 6.26 Å². The summed E-state index contributed by atoms with van der Waals surface area (Å²) in [6, 6.07) is 0. The van der Waals surface area contributed by atoms with E-state index in [1.54, 1.807) is 0 Å². The van der Waals surface area contributed by atoms with Crippen LogP contribution >= 0.6 is 7.83 Å². The predicted octanol–water partition coefficient (Wildman–Crippen LogP) is 1.26. The van der Waals surface area contributed by atoms with Crippen LogP contribution in [0.25, 0.3) is 0 Å². The Morgan fingerprint density at radius 2 is 2.50 bits per heavy atom. The first-order chi connectivity index (χ1) is 3.62. The Morgan fingerprint density at radius 1 is 2.00 bits per heavy atom. The van der Waals surface area contributed by atoms with Crippen LogP contribution in [0.3, 0.4) is 0 Å². The van der Waals surface area contributed by atoms with Gasteiger partial charge in [0.2, 0.25) is 0 Å². The van der Waals surface area contributed by atoms with Gasteiger partial charge in [0.15, 0.2) is 0 Å². The molecule has 0 rings (SSSR count). The molecule has 0 aliphatic heterocycles. The molecular formula is C2H2FN2O2P. The third kappa shape index (κ3) is 2.32. The summed E-state index contributed by atoms with van der Waals surface area (Å²) >= 11 is 0. The fourth-order valence-electron chi connectivity index (χ4n) is 0.0792. The molecule has 44 valence electrons. The molecule has 0 bridgehead atoms. The summed E-state index contributed by atoms with van der Waals surface area (Å²) in [5.74, 6) is 0. The van der Waals surface area contributed by atoms with Gasteiger partial charge in [-0.25, -0.2) is 4.57 Å². The summed E-state index contributed by atoms with van der Waals surface area (Å²) in [6.45, 7) is 2.59. The Kier molecular flexibility index (Phi) is 2.17. The van der Waals surface area contributed by atoms with Gasteiger partial charge in [-0.3, -0.25) is 0 Å². The van der Waals surface area contributed by atoms with Crippen molar-refractivity contribution in [1.29, 1.82) is 5.26 Å². The second-order valence-electron chi connectivity index (χ2n) is 0.775. The number of nitrogens with zero attached hydrogens (tertiary/aromatic N) is 2. The molecule has 0 aromatic heterocycles. The average Bonchev–Trinajstić information content (AvgIpc) is 1.67. The van der Waals surface area contributed by atoms with Crippen molar-refractivity contribution in [3.05, 3.63) is 0 Å². The fraction of sp³-hybridized carbons (Fsp3) is 0. The molecule has 0 radical (unpaired) electrons. The molecule has 0 spiro atoms. The van der Waals surface area contributed by atoms with Crippen molar-refractivity contribution in [3.63, 3.8) is 0 Å². The molecule has 4 nitrogen and oxygen atoms in total. The van der Waals surface area contributed by atoms with Crippen LogP contribution in [0.4, 0.5) is 4.20 Å².